The number of fused-ring (bicyclic) bond motifs is 1. The summed E-state index contributed by atoms with van der Waals surface area (Å²) in [5.74, 6) is 5.24. The van der Waals surface area contributed by atoms with Crippen LogP contribution in [0, 0.1) is 0 Å². The van der Waals surface area contributed by atoms with E-state index in [1.165, 1.54) is 4.57 Å². The number of rotatable bonds is 9. The zero-order valence-electron chi connectivity index (χ0n) is 19.6. The fourth-order valence-electron chi connectivity index (χ4n) is 3.72. The second kappa shape index (κ2) is 10.9. The number of nitrogen functional groups attached to an aromatic ring is 1. The van der Waals surface area contributed by atoms with Crippen molar-refractivity contribution in [1.29, 1.82) is 0 Å². The van der Waals surface area contributed by atoms with E-state index in [0.29, 0.717) is 23.6 Å². The third-order valence-corrected chi connectivity index (χ3v) is 6.99. The van der Waals surface area contributed by atoms with Crippen LogP contribution in [0.5, 0.6) is 0 Å². The first-order valence-electron chi connectivity index (χ1n) is 11.4. The van der Waals surface area contributed by atoms with Gasteiger partial charge in [0.2, 0.25) is 5.62 Å². The maximum atomic E-state index is 13.5. The first-order valence-corrected chi connectivity index (χ1v) is 12.6. The molecule has 0 saturated heterocycles. The molecule has 4 aromatic rings. The third-order valence-electron chi connectivity index (χ3n) is 5.58. The molecule has 0 aliphatic carbocycles. The van der Waals surface area contributed by atoms with Gasteiger partial charge in [0.05, 0.1) is 27.5 Å². The van der Waals surface area contributed by atoms with Crippen molar-refractivity contribution in [2.45, 2.75) is 45.7 Å². The number of unbranched alkanes of at least 4 members (excludes halogenated alkanes) is 1. The molecule has 0 unspecified atom stereocenters. The van der Waals surface area contributed by atoms with Crippen LogP contribution < -0.4 is 22.8 Å². The summed E-state index contributed by atoms with van der Waals surface area (Å²) in [5.41, 5.74) is 0.815. The van der Waals surface area contributed by atoms with Crippen molar-refractivity contribution in [3.8, 4) is 0 Å². The minimum Gasteiger partial charge on any atom is -0.481 e. The van der Waals surface area contributed by atoms with E-state index in [9.17, 15) is 14.4 Å². The molecule has 36 heavy (non-hydrogen) atoms. The van der Waals surface area contributed by atoms with Crippen molar-refractivity contribution in [2.24, 2.45) is 4.99 Å². The van der Waals surface area contributed by atoms with E-state index in [2.05, 4.69) is 9.98 Å². The summed E-state index contributed by atoms with van der Waals surface area (Å²) in [7, 11) is 0. The van der Waals surface area contributed by atoms with Gasteiger partial charge in [-0.2, -0.15) is 4.68 Å². The number of carboxylic acid groups (broad SMARTS) is 1. The molecule has 0 aliphatic heterocycles. The molecule has 12 heteroatoms. The summed E-state index contributed by atoms with van der Waals surface area (Å²) in [6.45, 7) is 2.17. The Labute approximate surface area is 214 Å². The first-order chi connectivity index (χ1) is 17.3. The van der Waals surface area contributed by atoms with Crippen LogP contribution in [0.4, 0.5) is 5.69 Å². The quantitative estimate of drug-likeness (QED) is 0.253. The van der Waals surface area contributed by atoms with E-state index in [0.717, 1.165) is 36.5 Å². The molecular formula is C24H25ClN6O4S. The number of nitrogens with two attached hydrogens (primary N) is 1. The van der Waals surface area contributed by atoms with Gasteiger partial charge >= 0.3 is 17.3 Å². The summed E-state index contributed by atoms with van der Waals surface area (Å²) in [6.07, 6.45) is 1.42. The van der Waals surface area contributed by atoms with Crippen molar-refractivity contribution < 1.29 is 9.90 Å². The van der Waals surface area contributed by atoms with Crippen LogP contribution in [0.3, 0.4) is 0 Å². The average Bonchev–Trinajstić information content (AvgIpc) is 3.28. The maximum absolute atomic E-state index is 13.5. The second-order valence-corrected chi connectivity index (χ2v) is 9.73. The Balaban J connectivity index is 1.84. The first kappa shape index (κ1) is 25.4. The van der Waals surface area contributed by atoms with Crippen LogP contribution in [0.15, 0.2) is 57.0 Å². The molecule has 10 nitrogen and oxygen atoms in total. The number of thiazole rings is 1. The monoisotopic (exact) mass is 528 g/mol. The van der Waals surface area contributed by atoms with E-state index >= 15 is 0 Å². The highest BCUT2D eigenvalue weighted by molar-refractivity contribution is 7.18. The summed E-state index contributed by atoms with van der Waals surface area (Å²) in [5, 5.41) is 10.4. The van der Waals surface area contributed by atoms with Crippen LogP contribution in [0.1, 0.15) is 36.8 Å². The Hall–Kier alpha value is -3.70. The van der Waals surface area contributed by atoms with Crippen LogP contribution >= 0.6 is 22.9 Å². The lowest BCUT2D eigenvalue weighted by Gasteiger charge is -2.14. The lowest BCUT2D eigenvalue weighted by molar-refractivity contribution is -0.137. The molecule has 2 aromatic carbocycles. The molecule has 0 atom stereocenters. The number of halogens is 1. The Morgan fingerprint density at radius 2 is 1.86 bits per heavy atom. The van der Waals surface area contributed by atoms with Crippen molar-refractivity contribution in [1.82, 2.24) is 18.8 Å². The van der Waals surface area contributed by atoms with Crippen molar-refractivity contribution in [3.63, 3.8) is 0 Å². The highest BCUT2D eigenvalue weighted by Crippen LogP contribution is 2.26. The largest absolute Gasteiger partial charge is 0.481 e. The zero-order chi connectivity index (χ0) is 25.8. The van der Waals surface area contributed by atoms with Gasteiger partial charge < -0.3 is 10.9 Å². The molecule has 188 valence electrons. The van der Waals surface area contributed by atoms with Gasteiger partial charge in [-0.3, -0.25) is 9.36 Å². The predicted molar refractivity (Wildman–Crippen MR) is 139 cm³/mol. The number of carbonyl (C=O) groups is 1. The van der Waals surface area contributed by atoms with Gasteiger partial charge in [-0.25, -0.2) is 24.1 Å². The molecule has 0 amide bonds. The molecule has 2 heterocycles. The van der Waals surface area contributed by atoms with Gasteiger partial charge in [-0.05, 0) is 55.2 Å². The van der Waals surface area contributed by atoms with Gasteiger partial charge in [-0.15, -0.1) is 11.3 Å². The molecule has 0 aliphatic rings. The summed E-state index contributed by atoms with van der Waals surface area (Å²) in [4.78, 5) is 46.4. The molecule has 0 bridgehead atoms. The maximum Gasteiger partial charge on any atom is 0.353 e. The zero-order valence-corrected chi connectivity index (χ0v) is 21.1. The normalized spacial score (nSPS) is 11.9. The van der Waals surface area contributed by atoms with Gasteiger partial charge in [0, 0.05) is 18.0 Å². The predicted octanol–water partition coefficient (Wildman–Crippen LogP) is 2.89. The van der Waals surface area contributed by atoms with Crippen molar-refractivity contribution >= 4 is 44.8 Å². The van der Waals surface area contributed by atoms with Crippen LogP contribution in [0.25, 0.3) is 10.2 Å². The molecule has 0 radical (unpaired) electrons. The molecule has 2 aromatic heterocycles. The molecule has 3 N–H and O–H groups in total. The van der Waals surface area contributed by atoms with E-state index in [-0.39, 0.29) is 25.1 Å². The van der Waals surface area contributed by atoms with Gasteiger partial charge in [-0.1, -0.05) is 30.7 Å². The SMILES string of the molecule is CCc1nc2ccc(/N=c3\n(N)c(=O)n(CCCCC(=O)O)c(=O)n3Cc3ccc(Cl)cc3)cc2s1. The highest BCUT2D eigenvalue weighted by atomic mass is 35.5. The fraction of sp³-hybridized carbons (Fsp3) is 0.292. The number of benzene rings is 2. The van der Waals surface area contributed by atoms with Gasteiger partial charge in [0.25, 0.3) is 0 Å². The van der Waals surface area contributed by atoms with Gasteiger partial charge in [0.15, 0.2) is 0 Å². The molecule has 4 rings (SSSR count). The Bertz CT molecular complexity index is 1600. The number of hydrogen-bond acceptors (Lipinski definition) is 7. The number of aromatic nitrogens is 4. The van der Waals surface area contributed by atoms with Crippen molar-refractivity contribution in [3.05, 3.63) is 84.6 Å². The van der Waals surface area contributed by atoms with Gasteiger partial charge in [0.1, 0.15) is 0 Å². The number of aryl methyl sites for hydroxylation is 1. The van der Waals surface area contributed by atoms with Crippen LogP contribution in [0.2, 0.25) is 5.02 Å². The topological polar surface area (TPSA) is 138 Å². The number of carboxylic acids is 1. The summed E-state index contributed by atoms with van der Waals surface area (Å²) < 4.78 is 4.13. The van der Waals surface area contributed by atoms with Crippen LogP contribution in [-0.2, 0) is 24.3 Å². The molecule has 0 spiro atoms. The number of nitrogens with zero attached hydrogens (tertiary/aromatic N) is 5. The smallest absolute Gasteiger partial charge is 0.353 e. The number of aliphatic carboxylic acids is 1. The molecule has 0 saturated carbocycles. The Morgan fingerprint density at radius 1 is 1.11 bits per heavy atom. The van der Waals surface area contributed by atoms with E-state index in [1.807, 2.05) is 19.1 Å². The summed E-state index contributed by atoms with van der Waals surface area (Å²) in [6, 6.07) is 12.4. The van der Waals surface area contributed by atoms with E-state index in [1.54, 1.807) is 41.7 Å². The average molecular weight is 529 g/mol. The minimum atomic E-state index is -0.936. The Kier molecular flexibility index (Phi) is 7.70. The standard InChI is InChI=1S/C24H25ClN6O4S/c1-2-20-28-18-11-10-17(13-19(18)36-20)27-22-30(14-15-6-8-16(25)9-7-15)23(34)29(24(35)31(22)26)12-4-3-5-21(32)33/h6-11,13H,2-5,12,14,26H2,1H3,(H,32,33)/b27-22-. The lowest BCUT2D eigenvalue weighted by atomic mass is 10.2. The van der Waals surface area contributed by atoms with Crippen LogP contribution in [-0.4, -0.2) is 29.9 Å². The lowest BCUT2D eigenvalue weighted by Crippen LogP contribution is -2.57. The second-order valence-electron chi connectivity index (χ2n) is 8.18. The minimum absolute atomic E-state index is 0.0127. The Morgan fingerprint density at radius 3 is 2.56 bits per heavy atom. The molecule has 0 fully saturated rings. The van der Waals surface area contributed by atoms with E-state index in [4.69, 9.17) is 22.6 Å². The van der Waals surface area contributed by atoms with Crippen molar-refractivity contribution in [2.75, 3.05) is 5.84 Å². The number of hydrogen-bond donors (Lipinski definition) is 2. The highest BCUT2D eigenvalue weighted by Gasteiger charge is 2.14. The molecular weight excluding hydrogens is 504 g/mol. The third kappa shape index (κ3) is 5.58. The van der Waals surface area contributed by atoms with E-state index < -0.39 is 17.3 Å². The summed E-state index contributed by atoms with van der Waals surface area (Å²) >= 11 is 7.56. The fourth-order valence-corrected chi connectivity index (χ4v) is 4.78.